The molecule has 4 aromatic rings. The molecule has 184 valence electrons. The van der Waals surface area contributed by atoms with Crippen LogP contribution in [0.2, 0.25) is 0 Å². The van der Waals surface area contributed by atoms with Crippen LogP contribution in [0.1, 0.15) is 47.6 Å². The van der Waals surface area contributed by atoms with Crippen LogP contribution in [0.5, 0.6) is 5.75 Å². The number of hydrogen-bond donors (Lipinski definition) is 1. The van der Waals surface area contributed by atoms with Crippen LogP contribution in [0.15, 0.2) is 78.9 Å². The van der Waals surface area contributed by atoms with Gasteiger partial charge < -0.3 is 14.4 Å². The largest absolute Gasteiger partial charge is 0.492 e. The number of carbonyl (C=O) groups excluding carboxylic acids is 1. The minimum Gasteiger partial charge on any atom is -0.492 e. The van der Waals surface area contributed by atoms with E-state index in [0.717, 1.165) is 22.2 Å². The number of fused-ring (bicyclic) bond motifs is 1. The van der Waals surface area contributed by atoms with Gasteiger partial charge in [0, 0.05) is 12.1 Å². The molecule has 0 bridgehead atoms. The molecule has 4 rings (SSSR count). The SMILES string of the molecule is Cc1ccc(C(=O)c2nc3ccccc3n2CC/C=C/c2cccc(OCC(C)(C)C(=O)O)c2)cc1. The number of allylic oxidation sites excluding steroid dienone is 1. The second kappa shape index (κ2) is 10.6. The van der Waals surface area contributed by atoms with E-state index < -0.39 is 11.4 Å². The topological polar surface area (TPSA) is 81.4 Å². The van der Waals surface area contributed by atoms with Crippen LogP contribution in [-0.2, 0) is 11.3 Å². The first-order chi connectivity index (χ1) is 17.2. The zero-order valence-corrected chi connectivity index (χ0v) is 20.8. The predicted octanol–water partition coefficient (Wildman–Crippen LogP) is 6.17. The van der Waals surface area contributed by atoms with Crippen molar-refractivity contribution < 1.29 is 19.4 Å². The number of ether oxygens (including phenoxy) is 1. The standard InChI is InChI=1S/C30H30N2O4/c1-21-14-16-23(17-15-21)27(33)28-31-25-12-4-5-13-26(25)32(28)18-7-6-9-22-10-8-11-24(19-22)36-20-30(2,3)29(34)35/h4-6,8-17,19H,7,18,20H2,1-3H3,(H,34,35)/b9-6+. The van der Waals surface area contributed by atoms with Gasteiger partial charge in [0.1, 0.15) is 12.4 Å². The summed E-state index contributed by atoms with van der Waals surface area (Å²) >= 11 is 0. The molecule has 0 unspecified atom stereocenters. The molecular weight excluding hydrogens is 452 g/mol. The third-order valence-corrected chi connectivity index (χ3v) is 6.04. The van der Waals surface area contributed by atoms with E-state index in [0.29, 0.717) is 30.1 Å². The Morgan fingerprint density at radius 2 is 1.78 bits per heavy atom. The Bertz CT molecular complexity index is 1410. The Morgan fingerprint density at radius 3 is 2.53 bits per heavy atom. The van der Waals surface area contributed by atoms with Crippen LogP contribution in [0.3, 0.4) is 0 Å². The summed E-state index contributed by atoms with van der Waals surface area (Å²) in [5.74, 6) is 0.0677. The van der Waals surface area contributed by atoms with Crippen LogP contribution in [0.4, 0.5) is 0 Å². The number of carbonyl (C=O) groups is 2. The number of ketones is 1. The van der Waals surface area contributed by atoms with Crippen LogP contribution >= 0.6 is 0 Å². The van der Waals surface area contributed by atoms with Crippen molar-refractivity contribution in [1.29, 1.82) is 0 Å². The van der Waals surface area contributed by atoms with Gasteiger partial charge in [-0.25, -0.2) is 4.98 Å². The first kappa shape index (κ1) is 24.9. The fourth-order valence-corrected chi connectivity index (χ4v) is 3.77. The van der Waals surface area contributed by atoms with Crippen molar-refractivity contribution in [3.63, 3.8) is 0 Å². The highest BCUT2D eigenvalue weighted by atomic mass is 16.5. The normalized spacial score (nSPS) is 11.8. The van der Waals surface area contributed by atoms with E-state index in [4.69, 9.17) is 4.74 Å². The fraction of sp³-hybridized carbons (Fsp3) is 0.233. The molecule has 1 heterocycles. The molecule has 0 amide bonds. The Balaban J connectivity index is 1.48. The molecule has 6 nitrogen and oxygen atoms in total. The summed E-state index contributed by atoms with van der Waals surface area (Å²) in [6.45, 7) is 5.95. The second-order valence-electron chi connectivity index (χ2n) is 9.51. The minimum absolute atomic E-state index is 0.0843. The molecule has 0 saturated carbocycles. The lowest BCUT2D eigenvalue weighted by atomic mass is 9.95. The van der Waals surface area contributed by atoms with Gasteiger partial charge in [-0.15, -0.1) is 0 Å². The maximum atomic E-state index is 13.3. The maximum Gasteiger partial charge on any atom is 0.312 e. The van der Waals surface area contributed by atoms with Crippen molar-refractivity contribution in [3.8, 4) is 5.75 Å². The summed E-state index contributed by atoms with van der Waals surface area (Å²) < 4.78 is 7.69. The van der Waals surface area contributed by atoms with Gasteiger partial charge in [0.05, 0.1) is 16.4 Å². The smallest absolute Gasteiger partial charge is 0.312 e. The molecule has 3 aromatic carbocycles. The van der Waals surface area contributed by atoms with E-state index in [2.05, 4.69) is 11.1 Å². The number of aromatic nitrogens is 2. The summed E-state index contributed by atoms with van der Waals surface area (Å²) in [5, 5.41) is 9.27. The van der Waals surface area contributed by atoms with Crippen molar-refractivity contribution in [2.75, 3.05) is 6.61 Å². The number of nitrogens with zero attached hydrogens (tertiary/aromatic N) is 2. The van der Waals surface area contributed by atoms with Gasteiger partial charge in [-0.1, -0.05) is 66.2 Å². The van der Waals surface area contributed by atoms with Gasteiger partial charge in [0.15, 0.2) is 5.82 Å². The molecule has 1 aromatic heterocycles. The van der Waals surface area contributed by atoms with E-state index >= 15 is 0 Å². The number of benzene rings is 3. The van der Waals surface area contributed by atoms with E-state index in [-0.39, 0.29) is 12.4 Å². The van der Waals surface area contributed by atoms with Crippen molar-refractivity contribution in [2.24, 2.45) is 5.41 Å². The van der Waals surface area contributed by atoms with E-state index in [1.54, 1.807) is 13.8 Å². The van der Waals surface area contributed by atoms with Crippen LogP contribution in [0.25, 0.3) is 17.1 Å². The molecule has 0 aliphatic rings. The third kappa shape index (κ3) is 5.71. The first-order valence-electron chi connectivity index (χ1n) is 11.9. The lowest BCUT2D eigenvalue weighted by Gasteiger charge is -2.19. The number of carboxylic acid groups (broad SMARTS) is 1. The zero-order chi connectivity index (χ0) is 25.7. The molecule has 0 saturated heterocycles. The average molecular weight is 483 g/mol. The van der Waals surface area contributed by atoms with Crippen molar-refractivity contribution >= 4 is 28.9 Å². The molecule has 0 aliphatic carbocycles. The van der Waals surface area contributed by atoms with E-state index in [1.807, 2.05) is 90.4 Å². The van der Waals surface area contributed by atoms with Crippen LogP contribution in [0, 0.1) is 12.3 Å². The summed E-state index contributed by atoms with van der Waals surface area (Å²) in [4.78, 5) is 29.2. The molecule has 0 atom stereocenters. The second-order valence-corrected chi connectivity index (χ2v) is 9.51. The van der Waals surface area contributed by atoms with Crippen molar-refractivity contribution in [1.82, 2.24) is 9.55 Å². The lowest BCUT2D eigenvalue weighted by Crippen LogP contribution is -2.30. The molecule has 0 radical (unpaired) electrons. The van der Waals surface area contributed by atoms with Crippen LogP contribution in [-0.4, -0.2) is 33.0 Å². The van der Waals surface area contributed by atoms with E-state index in [1.165, 1.54) is 0 Å². The zero-order valence-electron chi connectivity index (χ0n) is 20.8. The Kier molecular flexibility index (Phi) is 7.34. The van der Waals surface area contributed by atoms with Gasteiger partial charge in [-0.3, -0.25) is 9.59 Å². The number of imidazole rings is 1. The highest BCUT2D eigenvalue weighted by molar-refractivity contribution is 6.08. The molecule has 6 heteroatoms. The van der Waals surface area contributed by atoms with Crippen LogP contribution < -0.4 is 4.74 Å². The molecule has 0 fully saturated rings. The quantitative estimate of drug-likeness (QED) is 0.273. The highest BCUT2D eigenvalue weighted by Gasteiger charge is 2.28. The molecular formula is C30H30N2O4. The Morgan fingerprint density at radius 1 is 1.03 bits per heavy atom. The van der Waals surface area contributed by atoms with Crippen molar-refractivity contribution in [3.05, 3.63) is 101 Å². The molecule has 1 N–H and O–H groups in total. The summed E-state index contributed by atoms with van der Waals surface area (Å²) in [6, 6.07) is 22.9. The van der Waals surface area contributed by atoms with Gasteiger partial charge in [0.25, 0.3) is 0 Å². The lowest BCUT2D eigenvalue weighted by molar-refractivity contribution is -0.148. The number of para-hydroxylation sites is 2. The van der Waals surface area contributed by atoms with Gasteiger partial charge >= 0.3 is 5.97 Å². The molecule has 0 aliphatic heterocycles. The Labute approximate surface area is 210 Å². The number of carboxylic acids is 1. The van der Waals surface area contributed by atoms with Gasteiger partial charge in [-0.2, -0.15) is 0 Å². The number of aryl methyl sites for hydroxylation is 2. The predicted molar refractivity (Wildman–Crippen MR) is 141 cm³/mol. The summed E-state index contributed by atoms with van der Waals surface area (Å²) in [5.41, 5.74) is 3.43. The molecule has 0 spiro atoms. The number of aliphatic carboxylic acids is 1. The number of rotatable bonds is 10. The van der Waals surface area contributed by atoms with E-state index in [9.17, 15) is 14.7 Å². The first-order valence-corrected chi connectivity index (χ1v) is 11.9. The van der Waals surface area contributed by atoms with Gasteiger partial charge in [0.2, 0.25) is 5.78 Å². The summed E-state index contributed by atoms with van der Waals surface area (Å²) in [6.07, 6.45) is 4.75. The third-order valence-electron chi connectivity index (χ3n) is 6.04. The molecule has 36 heavy (non-hydrogen) atoms. The monoisotopic (exact) mass is 482 g/mol. The summed E-state index contributed by atoms with van der Waals surface area (Å²) in [7, 11) is 0. The van der Waals surface area contributed by atoms with Crippen molar-refractivity contribution in [2.45, 2.75) is 33.7 Å². The average Bonchev–Trinajstić information content (AvgIpc) is 3.24. The Hall–Kier alpha value is -4.19. The maximum absolute atomic E-state index is 13.3. The van der Waals surface area contributed by atoms with Gasteiger partial charge in [-0.05, 0) is 57.0 Å². The fourth-order valence-electron chi connectivity index (χ4n) is 3.77. The minimum atomic E-state index is -0.965. The number of hydrogen-bond acceptors (Lipinski definition) is 4. The highest BCUT2D eigenvalue weighted by Crippen LogP contribution is 2.22.